The summed E-state index contributed by atoms with van der Waals surface area (Å²) in [6.07, 6.45) is 1.35. The van der Waals surface area contributed by atoms with Crippen LogP contribution >= 0.6 is 0 Å². The Hall–Kier alpha value is -3.15. The first-order chi connectivity index (χ1) is 11.1. The van der Waals surface area contributed by atoms with Crippen LogP contribution in [0.5, 0.6) is 5.75 Å². The van der Waals surface area contributed by atoms with Gasteiger partial charge in [-0.25, -0.2) is 9.07 Å². The van der Waals surface area contributed by atoms with Crippen LogP contribution in [0.2, 0.25) is 0 Å². The van der Waals surface area contributed by atoms with Gasteiger partial charge in [0.2, 0.25) is 0 Å². The average molecular weight is 311 g/mol. The summed E-state index contributed by atoms with van der Waals surface area (Å²) in [5, 5.41) is 16.5. The molecule has 3 rings (SSSR count). The summed E-state index contributed by atoms with van der Waals surface area (Å²) in [6.45, 7) is 0.0170. The molecule has 0 fully saturated rings. The van der Waals surface area contributed by atoms with Crippen LogP contribution in [0.25, 0.3) is 5.69 Å². The summed E-state index contributed by atoms with van der Waals surface area (Å²) in [6, 6.07) is 15.3. The van der Waals surface area contributed by atoms with Crippen molar-refractivity contribution in [3.8, 4) is 11.4 Å². The lowest BCUT2D eigenvalue weighted by Crippen LogP contribution is -2.24. The van der Waals surface area contributed by atoms with Crippen molar-refractivity contribution in [3.05, 3.63) is 77.9 Å². The molecule has 0 saturated carbocycles. The second kappa shape index (κ2) is 6.31. The van der Waals surface area contributed by atoms with E-state index in [1.54, 1.807) is 30.3 Å². The van der Waals surface area contributed by atoms with E-state index in [9.17, 15) is 14.3 Å². The summed E-state index contributed by atoms with van der Waals surface area (Å²) >= 11 is 0. The molecule has 0 atom stereocenters. The topological polar surface area (TPSA) is 67.2 Å². The third-order valence-electron chi connectivity index (χ3n) is 3.33. The number of hydrogen-bond donors (Lipinski definition) is 2. The Kier molecular flexibility index (Phi) is 4.05. The number of benzene rings is 2. The quantitative estimate of drug-likeness (QED) is 0.778. The van der Waals surface area contributed by atoms with Crippen LogP contribution in [0.15, 0.2) is 60.8 Å². The number of aromatic hydroxyl groups is 1. The van der Waals surface area contributed by atoms with Crippen molar-refractivity contribution in [2.24, 2.45) is 0 Å². The number of nitrogens with one attached hydrogen (secondary N) is 1. The smallest absolute Gasteiger partial charge is 0.275 e. The van der Waals surface area contributed by atoms with Crippen LogP contribution in [0.4, 0.5) is 4.39 Å². The van der Waals surface area contributed by atoms with Crippen LogP contribution in [0, 0.1) is 5.82 Å². The fraction of sp³-hybridized carbons (Fsp3) is 0.0588. The van der Waals surface area contributed by atoms with Crippen molar-refractivity contribution in [3.63, 3.8) is 0 Å². The van der Waals surface area contributed by atoms with Gasteiger partial charge in [0.05, 0.1) is 11.9 Å². The van der Waals surface area contributed by atoms with Crippen LogP contribution in [-0.2, 0) is 6.54 Å². The highest BCUT2D eigenvalue weighted by molar-refractivity contribution is 5.94. The van der Waals surface area contributed by atoms with Gasteiger partial charge < -0.3 is 10.4 Å². The number of carbonyl (C=O) groups is 1. The Labute approximate surface area is 132 Å². The second-order valence-corrected chi connectivity index (χ2v) is 4.92. The van der Waals surface area contributed by atoms with Gasteiger partial charge in [-0.2, -0.15) is 5.10 Å². The zero-order valence-electron chi connectivity index (χ0n) is 12.1. The Morgan fingerprint density at radius 3 is 2.57 bits per heavy atom. The lowest BCUT2D eigenvalue weighted by molar-refractivity contribution is 0.0942. The molecule has 23 heavy (non-hydrogen) atoms. The van der Waals surface area contributed by atoms with Gasteiger partial charge >= 0.3 is 0 Å². The van der Waals surface area contributed by atoms with E-state index in [2.05, 4.69) is 10.4 Å². The van der Waals surface area contributed by atoms with E-state index >= 15 is 0 Å². The Morgan fingerprint density at radius 2 is 1.83 bits per heavy atom. The van der Waals surface area contributed by atoms with E-state index < -0.39 is 11.7 Å². The molecule has 2 N–H and O–H groups in total. The van der Waals surface area contributed by atoms with Gasteiger partial charge in [-0.05, 0) is 18.2 Å². The summed E-state index contributed by atoms with van der Waals surface area (Å²) < 4.78 is 14.9. The maximum absolute atomic E-state index is 13.5. The molecule has 6 heteroatoms. The Morgan fingerprint density at radius 1 is 1.13 bits per heavy atom. The predicted octanol–water partition coefficient (Wildman–Crippen LogP) is 2.65. The first kappa shape index (κ1) is 14.8. The molecule has 0 unspecified atom stereocenters. The van der Waals surface area contributed by atoms with E-state index in [1.807, 2.05) is 18.2 Å². The number of carbonyl (C=O) groups excluding carboxylic acids is 1. The first-order valence-electron chi connectivity index (χ1n) is 7.01. The molecule has 5 nitrogen and oxygen atoms in total. The summed E-state index contributed by atoms with van der Waals surface area (Å²) in [7, 11) is 0. The number of amides is 1. The largest absolute Gasteiger partial charge is 0.504 e. The molecule has 0 saturated heterocycles. The molecule has 1 amide bonds. The zero-order valence-corrected chi connectivity index (χ0v) is 12.1. The van der Waals surface area contributed by atoms with Gasteiger partial charge in [-0.3, -0.25) is 4.79 Å². The van der Waals surface area contributed by atoms with Crippen LogP contribution in [0.1, 0.15) is 16.1 Å². The minimum atomic E-state index is -0.569. The van der Waals surface area contributed by atoms with Crippen LogP contribution in [-0.4, -0.2) is 20.8 Å². The standard InChI is InChI=1S/C17H14FN3O2/c18-14-9-5-4-6-12(14)10-19-17(23)16-15(22)11-21(20-16)13-7-2-1-3-8-13/h1-9,11,22H,10H2,(H,19,23). The molecule has 0 spiro atoms. The van der Waals surface area contributed by atoms with Crippen LogP contribution in [0.3, 0.4) is 0 Å². The highest BCUT2D eigenvalue weighted by atomic mass is 19.1. The molecule has 0 bridgehead atoms. The van der Waals surface area contributed by atoms with Gasteiger partial charge in [0.1, 0.15) is 5.82 Å². The highest BCUT2D eigenvalue weighted by Crippen LogP contribution is 2.18. The summed E-state index contributed by atoms with van der Waals surface area (Å²) in [5.74, 6) is -1.20. The van der Waals surface area contributed by atoms with Crippen molar-refractivity contribution in [2.75, 3.05) is 0 Å². The number of rotatable bonds is 4. The molecule has 1 heterocycles. The summed E-state index contributed by atoms with van der Waals surface area (Å²) in [5.41, 5.74) is 0.976. The van der Waals surface area contributed by atoms with Gasteiger partial charge in [-0.1, -0.05) is 36.4 Å². The van der Waals surface area contributed by atoms with E-state index in [-0.39, 0.29) is 18.0 Å². The minimum Gasteiger partial charge on any atom is -0.504 e. The van der Waals surface area contributed by atoms with E-state index in [0.29, 0.717) is 5.56 Å². The van der Waals surface area contributed by atoms with Gasteiger partial charge in [0, 0.05) is 12.1 Å². The van der Waals surface area contributed by atoms with Crippen molar-refractivity contribution in [2.45, 2.75) is 6.54 Å². The van der Waals surface area contributed by atoms with E-state index in [0.717, 1.165) is 5.69 Å². The monoisotopic (exact) mass is 311 g/mol. The minimum absolute atomic E-state index is 0.0170. The molecule has 0 aliphatic carbocycles. The molecular weight excluding hydrogens is 297 g/mol. The van der Waals surface area contributed by atoms with E-state index in [1.165, 1.54) is 16.9 Å². The number of halogens is 1. The lowest BCUT2D eigenvalue weighted by Gasteiger charge is -2.05. The molecule has 2 aromatic carbocycles. The molecule has 3 aromatic rings. The normalized spacial score (nSPS) is 10.5. The van der Waals surface area contributed by atoms with Crippen molar-refractivity contribution < 1.29 is 14.3 Å². The Balaban J connectivity index is 1.75. The highest BCUT2D eigenvalue weighted by Gasteiger charge is 2.17. The second-order valence-electron chi connectivity index (χ2n) is 4.92. The maximum Gasteiger partial charge on any atom is 0.275 e. The predicted molar refractivity (Wildman–Crippen MR) is 82.8 cm³/mol. The average Bonchev–Trinajstić information content (AvgIpc) is 2.97. The zero-order chi connectivity index (χ0) is 16.2. The number of aromatic nitrogens is 2. The molecule has 0 radical (unpaired) electrons. The lowest BCUT2D eigenvalue weighted by atomic mass is 10.2. The molecule has 0 aliphatic rings. The molecule has 0 aliphatic heterocycles. The van der Waals surface area contributed by atoms with Gasteiger partial charge in [-0.15, -0.1) is 0 Å². The third kappa shape index (κ3) is 3.21. The maximum atomic E-state index is 13.5. The molecule has 116 valence electrons. The van der Waals surface area contributed by atoms with Gasteiger partial charge in [0.25, 0.3) is 5.91 Å². The Bertz CT molecular complexity index is 831. The number of para-hydroxylation sites is 1. The first-order valence-corrected chi connectivity index (χ1v) is 7.01. The van der Waals surface area contributed by atoms with Crippen molar-refractivity contribution in [1.29, 1.82) is 0 Å². The molecular formula is C17H14FN3O2. The van der Waals surface area contributed by atoms with Gasteiger partial charge in [0.15, 0.2) is 11.4 Å². The van der Waals surface area contributed by atoms with Crippen LogP contribution < -0.4 is 5.32 Å². The SMILES string of the molecule is O=C(NCc1ccccc1F)c1nn(-c2ccccc2)cc1O. The number of nitrogens with zero attached hydrogens (tertiary/aromatic N) is 2. The third-order valence-corrected chi connectivity index (χ3v) is 3.33. The fourth-order valence-corrected chi connectivity index (χ4v) is 2.14. The molecule has 1 aromatic heterocycles. The van der Waals surface area contributed by atoms with Crippen molar-refractivity contribution >= 4 is 5.91 Å². The summed E-state index contributed by atoms with van der Waals surface area (Å²) in [4.78, 5) is 12.1. The number of hydrogen-bond acceptors (Lipinski definition) is 3. The van der Waals surface area contributed by atoms with Crippen molar-refractivity contribution in [1.82, 2.24) is 15.1 Å². The van der Waals surface area contributed by atoms with E-state index in [4.69, 9.17) is 0 Å². The fourth-order valence-electron chi connectivity index (χ4n) is 2.14.